The van der Waals surface area contributed by atoms with E-state index in [1.807, 2.05) is 0 Å². The molecule has 0 bridgehead atoms. The molecule has 2 rings (SSSR count). The number of phenolic OH excluding ortho intramolecular Hbond substituents is 1. The minimum atomic E-state index is -4.03. The summed E-state index contributed by atoms with van der Waals surface area (Å²) in [6.07, 6.45) is 0. The molecule has 0 aromatic heterocycles. The first-order valence-corrected chi connectivity index (χ1v) is 8.58. The van der Waals surface area contributed by atoms with E-state index < -0.39 is 21.9 Å². The highest BCUT2D eigenvalue weighted by Crippen LogP contribution is 2.30. The number of nitrogens with zero attached hydrogens (tertiary/aromatic N) is 1. The molecule has 0 aliphatic carbocycles. The maximum Gasteiger partial charge on any atom is 0.337 e. The van der Waals surface area contributed by atoms with Crippen molar-refractivity contribution in [2.45, 2.75) is 4.90 Å². The van der Waals surface area contributed by atoms with E-state index in [9.17, 15) is 23.1 Å². The fourth-order valence-electron chi connectivity index (χ4n) is 2.28. The van der Waals surface area contributed by atoms with Crippen LogP contribution in [0.15, 0.2) is 34.4 Å². The van der Waals surface area contributed by atoms with Crippen LogP contribution in [0.1, 0.15) is 0 Å². The summed E-state index contributed by atoms with van der Waals surface area (Å²) in [5.41, 5.74) is -0.314. The van der Waals surface area contributed by atoms with Crippen LogP contribution < -0.4 is 10.5 Å². The molecule has 0 fully saturated rings. The highest BCUT2D eigenvalue weighted by Gasteiger charge is 2.34. The van der Waals surface area contributed by atoms with E-state index in [0.717, 1.165) is 25.3 Å². The van der Waals surface area contributed by atoms with E-state index in [2.05, 4.69) is 10.1 Å². The van der Waals surface area contributed by atoms with Crippen LogP contribution in [-0.4, -0.2) is 62.2 Å². The molecular weight excluding hydrogens is 354 g/mol. The molecule has 1 heterocycles. The van der Waals surface area contributed by atoms with Crippen molar-refractivity contribution >= 4 is 27.6 Å². The number of aliphatic hydroxyl groups is 1. The summed E-state index contributed by atoms with van der Waals surface area (Å²) in [7, 11) is -2.89. The molecule has 1 amide bonds. The van der Waals surface area contributed by atoms with Crippen LogP contribution >= 0.6 is 0 Å². The van der Waals surface area contributed by atoms with Gasteiger partial charge in [0.2, 0.25) is 10.0 Å². The van der Waals surface area contributed by atoms with Crippen LogP contribution in [0.25, 0.3) is 0 Å². The molecule has 0 radical (unpaired) electrons. The first-order chi connectivity index (χ1) is 11.7. The molecule has 25 heavy (non-hydrogen) atoms. The van der Waals surface area contributed by atoms with Gasteiger partial charge >= 0.3 is 5.97 Å². The van der Waals surface area contributed by atoms with Gasteiger partial charge in [0.05, 0.1) is 36.4 Å². The minimum Gasteiger partial charge on any atom is -0.506 e. The number of esters is 1. The summed E-state index contributed by atoms with van der Waals surface area (Å²) in [6, 6.07) is 3.22. The Labute approximate surface area is 143 Å². The number of primary sulfonamides is 1. The van der Waals surface area contributed by atoms with Crippen molar-refractivity contribution in [3.8, 4) is 5.75 Å². The summed E-state index contributed by atoms with van der Waals surface area (Å²) >= 11 is 0. The predicted molar refractivity (Wildman–Crippen MR) is 85.8 cm³/mol. The Balaban J connectivity index is 2.45. The number of β-amino-alcohol motifs (C(OH)–C–C–N with tert-alkyl or cyclic N) is 1. The average molecular weight is 371 g/mol. The number of carbonyl (C=O) groups is 2. The number of hydrogen-bond donors (Lipinski definition) is 4. The lowest BCUT2D eigenvalue weighted by Gasteiger charge is -2.15. The molecular formula is C14H17N3O7S. The van der Waals surface area contributed by atoms with Crippen molar-refractivity contribution in [2.24, 2.45) is 5.14 Å². The number of amides is 1. The van der Waals surface area contributed by atoms with Crippen molar-refractivity contribution in [3.63, 3.8) is 0 Å². The average Bonchev–Trinajstić information content (AvgIpc) is 2.85. The zero-order chi connectivity index (χ0) is 18.8. The molecule has 0 saturated heterocycles. The van der Waals surface area contributed by atoms with Crippen LogP contribution in [-0.2, 0) is 24.3 Å². The predicted octanol–water partition coefficient (Wildman–Crippen LogP) is -1.29. The number of rotatable bonds is 6. The maximum absolute atomic E-state index is 12.4. The molecule has 10 nitrogen and oxygen atoms in total. The standard InChI is InChI=1S/C14H17N3O7S/c1-24-14(21)9-7-17(4-5-18)13(20)12(9)16-10-6-8(25(15,22)23)2-3-11(10)19/h2-3,6,16,18-19H,4-5,7H2,1H3,(H2,15,22,23). The van der Waals surface area contributed by atoms with E-state index in [1.165, 1.54) is 4.90 Å². The summed E-state index contributed by atoms with van der Waals surface area (Å²) in [6.45, 7) is -0.405. The number of hydrogen-bond acceptors (Lipinski definition) is 8. The van der Waals surface area contributed by atoms with Gasteiger partial charge in [-0.3, -0.25) is 4.79 Å². The number of sulfonamides is 1. The van der Waals surface area contributed by atoms with E-state index >= 15 is 0 Å². The van der Waals surface area contributed by atoms with Gasteiger partial charge in [-0.1, -0.05) is 0 Å². The van der Waals surface area contributed by atoms with E-state index in [-0.39, 0.29) is 47.3 Å². The van der Waals surface area contributed by atoms with Gasteiger partial charge in [-0.25, -0.2) is 18.4 Å². The van der Waals surface area contributed by atoms with Crippen LogP contribution in [0.2, 0.25) is 0 Å². The third kappa shape index (κ3) is 3.90. The molecule has 0 atom stereocenters. The quantitative estimate of drug-likeness (QED) is 0.355. The Hall–Kier alpha value is -2.63. The molecule has 0 unspecified atom stereocenters. The van der Waals surface area contributed by atoms with Gasteiger partial charge in [0.15, 0.2) is 0 Å². The van der Waals surface area contributed by atoms with Gasteiger partial charge < -0.3 is 25.2 Å². The molecule has 1 aromatic carbocycles. The Kier molecular flexibility index (Phi) is 5.30. The van der Waals surface area contributed by atoms with Crippen molar-refractivity contribution < 1.29 is 33.0 Å². The normalized spacial score (nSPS) is 14.8. The molecule has 11 heteroatoms. The zero-order valence-corrected chi connectivity index (χ0v) is 14.0. The minimum absolute atomic E-state index is 0.00624. The van der Waals surface area contributed by atoms with E-state index in [4.69, 9.17) is 10.2 Å². The lowest BCUT2D eigenvalue weighted by molar-refractivity contribution is -0.136. The second kappa shape index (κ2) is 7.09. The Morgan fingerprint density at radius 1 is 1.44 bits per heavy atom. The van der Waals surface area contributed by atoms with Crippen LogP contribution in [0.5, 0.6) is 5.75 Å². The fourth-order valence-corrected chi connectivity index (χ4v) is 2.82. The van der Waals surface area contributed by atoms with Gasteiger partial charge in [-0.15, -0.1) is 0 Å². The smallest absolute Gasteiger partial charge is 0.337 e. The largest absolute Gasteiger partial charge is 0.506 e. The number of aliphatic hydroxyl groups excluding tert-OH is 1. The summed E-state index contributed by atoms with van der Waals surface area (Å²) in [5.74, 6) is -1.72. The number of aromatic hydroxyl groups is 1. The van der Waals surface area contributed by atoms with Crippen molar-refractivity contribution in [1.82, 2.24) is 4.90 Å². The number of anilines is 1. The first kappa shape index (κ1) is 18.7. The highest BCUT2D eigenvalue weighted by atomic mass is 32.2. The van der Waals surface area contributed by atoms with Crippen LogP contribution in [0.3, 0.4) is 0 Å². The van der Waals surface area contributed by atoms with Gasteiger partial charge in [0.25, 0.3) is 5.91 Å². The molecule has 1 aliphatic rings. The molecule has 5 N–H and O–H groups in total. The summed E-state index contributed by atoms with van der Waals surface area (Å²) in [5, 5.41) is 26.5. The Morgan fingerprint density at radius 2 is 2.12 bits per heavy atom. The second-order valence-electron chi connectivity index (χ2n) is 5.14. The second-order valence-corrected chi connectivity index (χ2v) is 6.71. The third-order valence-corrected chi connectivity index (χ3v) is 4.42. The van der Waals surface area contributed by atoms with Gasteiger partial charge in [0.1, 0.15) is 11.4 Å². The molecule has 1 aliphatic heterocycles. The SMILES string of the molecule is COC(=O)C1=C(Nc2cc(S(N)(=O)=O)ccc2O)C(=O)N(CCO)C1. The topological polar surface area (TPSA) is 159 Å². The van der Waals surface area contributed by atoms with Gasteiger partial charge in [-0.05, 0) is 18.2 Å². The molecule has 0 spiro atoms. The molecule has 136 valence electrons. The van der Waals surface area contributed by atoms with Crippen LogP contribution in [0.4, 0.5) is 5.69 Å². The summed E-state index contributed by atoms with van der Waals surface area (Å²) < 4.78 is 27.5. The zero-order valence-electron chi connectivity index (χ0n) is 13.2. The molecule has 1 aromatic rings. The third-order valence-electron chi connectivity index (χ3n) is 3.51. The number of methoxy groups -OCH3 is 1. The number of benzene rings is 1. The van der Waals surface area contributed by atoms with Gasteiger partial charge in [0, 0.05) is 6.54 Å². The maximum atomic E-state index is 12.4. The molecule has 0 saturated carbocycles. The summed E-state index contributed by atoms with van der Waals surface area (Å²) in [4.78, 5) is 25.2. The van der Waals surface area contributed by atoms with Crippen LogP contribution in [0, 0.1) is 0 Å². The highest BCUT2D eigenvalue weighted by molar-refractivity contribution is 7.89. The van der Waals surface area contributed by atoms with E-state index in [1.54, 1.807) is 0 Å². The Bertz CT molecular complexity index is 848. The van der Waals surface area contributed by atoms with Crippen molar-refractivity contribution in [1.29, 1.82) is 0 Å². The Morgan fingerprint density at radius 3 is 2.68 bits per heavy atom. The number of nitrogens with one attached hydrogen (secondary N) is 1. The number of carbonyl (C=O) groups excluding carboxylic acids is 2. The lowest BCUT2D eigenvalue weighted by Crippen LogP contribution is -2.31. The van der Waals surface area contributed by atoms with Crippen molar-refractivity contribution in [2.75, 3.05) is 32.1 Å². The number of phenols is 1. The first-order valence-electron chi connectivity index (χ1n) is 7.03. The number of ether oxygens (including phenoxy) is 1. The van der Waals surface area contributed by atoms with Crippen molar-refractivity contribution in [3.05, 3.63) is 29.5 Å². The van der Waals surface area contributed by atoms with E-state index in [0.29, 0.717) is 0 Å². The monoisotopic (exact) mass is 371 g/mol. The van der Waals surface area contributed by atoms with Gasteiger partial charge in [-0.2, -0.15) is 0 Å². The number of nitrogens with two attached hydrogens (primary N) is 1. The lowest BCUT2D eigenvalue weighted by atomic mass is 10.2. The fraction of sp³-hybridized carbons (Fsp3) is 0.286.